The zero-order valence-corrected chi connectivity index (χ0v) is 10.8. The molecule has 0 radical (unpaired) electrons. The highest BCUT2D eigenvalue weighted by atomic mass is 32.1. The second-order valence-electron chi connectivity index (χ2n) is 4.60. The summed E-state index contributed by atoms with van der Waals surface area (Å²) in [6, 6.07) is 0.715. The molecular weight excluding hydrogens is 236 g/mol. The van der Waals surface area contributed by atoms with E-state index in [1.807, 2.05) is 0 Å². The lowest BCUT2D eigenvalue weighted by Gasteiger charge is -2.25. The molecule has 17 heavy (non-hydrogen) atoms. The van der Waals surface area contributed by atoms with E-state index in [0.29, 0.717) is 6.04 Å². The molecule has 1 heterocycles. The van der Waals surface area contributed by atoms with E-state index in [2.05, 4.69) is 17.2 Å². The predicted molar refractivity (Wildman–Crippen MR) is 67.5 cm³/mol. The third kappa shape index (κ3) is 3.26. The Labute approximate surface area is 105 Å². The number of hydrogen-bond acceptors (Lipinski definition) is 4. The van der Waals surface area contributed by atoms with Crippen LogP contribution in [0.3, 0.4) is 0 Å². The van der Waals surface area contributed by atoms with Gasteiger partial charge in [0.25, 0.3) is 0 Å². The van der Waals surface area contributed by atoms with Gasteiger partial charge in [0, 0.05) is 11.4 Å². The van der Waals surface area contributed by atoms with Gasteiger partial charge >= 0.3 is 5.97 Å². The molecule has 0 aromatic carbocycles. The summed E-state index contributed by atoms with van der Waals surface area (Å²) in [5.74, 6) is -0.947. The van der Waals surface area contributed by atoms with Crippen molar-refractivity contribution in [3.63, 3.8) is 0 Å². The SMILES string of the molecule is CC(NC1CCCCC1)c1nc(C(=O)O)cs1. The maximum absolute atomic E-state index is 10.8. The van der Waals surface area contributed by atoms with Crippen molar-refractivity contribution >= 4 is 17.3 Å². The van der Waals surface area contributed by atoms with Gasteiger partial charge in [0.2, 0.25) is 0 Å². The van der Waals surface area contributed by atoms with Gasteiger partial charge in [0.15, 0.2) is 5.69 Å². The van der Waals surface area contributed by atoms with Crippen LogP contribution in [-0.2, 0) is 0 Å². The fourth-order valence-corrected chi connectivity index (χ4v) is 3.09. The van der Waals surface area contributed by atoms with Crippen LogP contribution in [-0.4, -0.2) is 22.1 Å². The van der Waals surface area contributed by atoms with Gasteiger partial charge in [0.1, 0.15) is 5.01 Å². The molecule has 0 saturated heterocycles. The lowest BCUT2D eigenvalue weighted by atomic mass is 9.95. The van der Waals surface area contributed by atoms with Gasteiger partial charge in [-0.15, -0.1) is 11.3 Å². The van der Waals surface area contributed by atoms with Gasteiger partial charge in [-0.25, -0.2) is 9.78 Å². The van der Waals surface area contributed by atoms with E-state index >= 15 is 0 Å². The highest BCUT2D eigenvalue weighted by Crippen LogP contribution is 2.23. The highest BCUT2D eigenvalue weighted by molar-refractivity contribution is 7.09. The Morgan fingerprint density at radius 3 is 2.82 bits per heavy atom. The molecule has 5 heteroatoms. The van der Waals surface area contributed by atoms with E-state index < -0.39 is 5.97 Å². The summed E-state index contributed by atoms with van der Waals surface area (Å²) in [6.07, 6.45) is 6.38. The number of carboxylic acid groups (broad SMARTS) is 1. The standard InChI is InChI=1S/C12H18N2O2S/c1-8(13-9-5-3-2-4-6-9)11-14-10(7-17-11)12(15)16/h7-9,13H,2-6H2,1H3,(H,15,16). The van der Waals surface area contributed by atoms with Crippen LogP contribution in [0.5, 0.6) is 0 Å². The minimum absolute atomic E-state index is 0.149. The molecule has 1 aliphatic rings. The number of carbonyl (C=O) groups is 1. The third-order valence-corrected chi connectivity index (χ3v) is 4.23. The molecule has 2 rings (SSSR count). The third-order valence-electron chi connectivity index (χ3n) is 3.20. The van der Waals surface area contributed by atoms with Crippen molar-refractivity contribution in [2.45, 2.75) is 51.1 Å². The molecule has 1 unspecified atom stereocenters. The zero-order valence-electron chi connectivity index (χ0n) is 9.98. The molecular formula is C12H18N2O2S. The second kappa shape index (κ2) is 5.60. The van der Waals surface area contributed by atoms with Gasteiger partial charge < -0.3 is 10.4 Å². The van der Waals surface area contributed by atoms with Crippen molar-refractivity contribution in [2.24, 2.45) is 0 Å². The molecule has 1 aromatic heterocycles. The van der Waals surface area contributed by atoms with Crippen molar-refractivity contribution in [2.75, 3.05) is 0 Å². The molecule has 0 aliphatic heterocycles. The van der Waals surface area contributed by atoms with E-state index in [9.17, 15) is 4.79 Å². The lowest BCUT2D eigenvalue weighted by Crippen LogP contribution is -2.33. The topological polar surface area (TPSA) is 62.2 Å². The minimum Gasteiger partial charge on any atom is -0.476 e. The molecule has 0 spiro atoms. The van der Waals surface area contributed by atoms with E-state index in [1.54, 1.807) is 5.38 Å². The van der Waals surface area contributed by atoms with Crippen LogP contribution in [0.2, 0.25) is 0 Å². The van der Waals surface area contributed by atoms with Crippen LogP contribution in [0.1, 0.15) is 60.6 Å². The van der Waals surface area contributed by atoms with Crippen molar-refractivity contribution in [1.82, 2.24) is 10.3 Å². The second-order valence-corrected chi connectivity index (χ2v) is 5.49. The van der Waals surface area contributed by atoms with Crippen LogP contribution >= 0.6 is 11.3 Å². The maximum atomic E-state index is 10.8. The van der Waals surface area contributed by atoms with Gasteiger partial charge in [-0.1, -0.05) is 19.3 Å². The number of aromatic nitrogens is 1. The molecule has 1 aromatic rings. The first kappa shape index (κ1) is 12.5. The van der Waals surface area contributed by atoms with Crippen molar-refractivity contribution < 1.29 is 9.90 Å². The van der Waals surface area contributed by atoms with Crippen molar-refractivity contribution in [3.05, 3.63) is 16.1 Å². The quantitative estimate of drug-likeness (QED) is 0.867. The molecule has 0 amide bonds. The van der Waals surface area contributed by atoms with Gasteiger partial charge in [-0.05, 0) is 19.8 Å². The van der Waals surface area contributed by atoms with E-state index in [0.717, 1.165) is 5.01 Å². The van der Waals surface area contributed by atoms with Crippen LogP contribution in [0.25, 0.3) is 0 Å². The van der Waals surface area contributed by atoms with E-state index in [-0.39, 0.29) is 11.7 Å². The van der Waals surface area contributed by atoms with Gasteiger partial charge in [-0.2, -0.15) is 0 Å². The molecule has 0 bridgehead atoms. The summed E-state index contributed by atoms with van der Waals surface area (Å²) >= 11 is 1.42. The molecule has 94 valence electrons. The summed E-state index contributed by atoms with van der Waals surface area (Å²) < 4.78 is 0. The first-order chi connectivity index (χ1) is 8.16. The fourth-order valence-electron chi connectivity index (χ4n) is 2.28. The highest BCUT2D eigenvalue weighted by Gasteiger charge is 2.19. The summed E-state index contributed by atoms with van der Waals surface area (Å²) in [4.78, 5) is 14.9. The van der Waals surface area contributed by atoms with E-state index in [4.69, 9.17) is 5.11 Å². The molecule has 1 atom stereocenters. The Morgan fingerprint density at radius 2 is 2.24 bits per heavy atom. The predicted octanol–water partition coefficient (Wildman–Crippen LogP) is 2.82. The number of rotatable bonds is 4. The Balaban J connectivity index is 1.93. The smallest absolute Gasteiger partial charge is 0.355 e. The average molecular weight is 254 g/mol. The number of thiazole rings is 1. The molecule has 1 saturated carbocycles. The minimum atomic E-state index is -0.947. The first-order valence-corrected chi connectivity index (χ1v) is 6.99. The zero-order chi connectivity index (χ0) is 12.3. The largest absolute Gasteiger partial charge is 0.476 e. The summed E-state index contributed by atoms with van der Waals surface area (Å²) in [7, 11) is 0. The van der Waals surface area contributed by atoms with E-state index in [1.165, 1.54) is 43.4 Å². The molecule has 2 N–H and O–H groups in total. The Hall–Kier alpha value is -0.940. The molecule has 1 aliphatic carbocycles. The van der Waals surface area contributed by atoms with Crippen molar-refractivity contribution in [1.29, 1.82) is 0 Å². The first-order valence-electron chi connectivity index (χ1n) is 6.11. The molecule has 4 nitrogen and oxygen atoms in total. The Bertz CT molecular complexity index is 386. The monoisotopic (exact) mass is 254 g/mol. The van der Waals surface area contributed by atoms with Crippen LogP contribution in [0, 0.1) is 0 Å². The number of carboxylic acids is 1. The van der Waals surface area contributed by atoms with Crippen LogP contribution in [0.15, 0.2) is 5.38 Å². The van der Waals surface area contributed by atoms with Crippen molar-refractivity contribution in [3.8, 4) is 0 Å². The number of nitrogens with one attached hydrogen (secondary N) is 1. The maximum Gasteiger partial charge on any atom is 0.355 e. The average Bonchev–Trinajstić information content (AvgIpc) is 2.79. The fraction of sp³-hybridized carbons (Fsp3) is 0.667. The van der Waals surface area contributed by atoms with Crippen LogP contribution in [0.4, 0.5) is 0 Å². The normalized spacial score (nSPS) is 19.1. The molecule has 1 fully saturated rings. The van der Waals surface area contributed by atoms with Gasteiger partial charge in [-0.3, -0.25) is 0 Å². The number of hydrogen-bond donors (Lipinski definition) is 2. The summed E-state index contributed by atoms with van der Waals surface area (Å²) in [6.45, 7) is 2.05. The summed E-state index contributed by atoms with van der Waals surface area (Å²) in [5.41, 5.74) is 0.155. The summed E-state index contributed by atoms with van der Waals surface area (Å²) in [5, 5.41) is 14.8. The Kier molecular flexibility index (Phi) is 4.12. The Morgan fingerprint density at radius 1 is 1.53 bits per heavy atom. The number of nitrogens with zero attached hydrogens (tertiary/aromatic N) is 1. The number of aromatic carboxylic acids is 1. The van der Waals surface area contributed by atoms with Gasteiger partial charge in [0.05, 0.1) is 6.04 Å². The lowest BCUT2D eigenvalue weighted by molar-refractivity contribution is 0.0691. The van der Waals surface area contributed by atoms with Crippen LogP contribution < -0.4 is 5.32 Å².